The number of alkyl halides is 1. The third kappa shape index (κ3) is 1.31. The summed E-state index contributed by atoms with van der Waals surface area (Å²) in [6, 6.07) is 1.99. The van der Waals surface area contributed by atoms with E-state index in [9.17, 15) is 9.50 Å². The summed E-state index contributed by atoms with van der Waals surface area (Å²) in [7, 11) is 0. The van der Waals surface area contributed by atoms with Crippen LogP contribution >= 0.6 is 0 Å². The maximum Gasteiger partial charge on any atom is 0.235 e. The molecular weight excluding hydrogens is 195 g/mol. The van der Waals surface area contributed by atoms with Gasteiger partial charge >= 0.3 is 0 Å². The topological polar surface area (TPSA) is 56.9 Å². The molecule has 1 aliphatic rings. The minimum Gasteiger partial charge on any atom is -0.358 e. The van der Waals surface area contributed by atoms with Crippen molar-refractivity contribution in [1.29, 1.82) is 5.26 Å². The number of aryl methyl sites for hydroxylation is 2. The summed E-state index contributed by atoms with van der Waals surface area (Å²) < 4.78 is 13.7. The number of nitriles is 1. The zero-order valence-corrected chi connectivity index (χ0v) is 8.63. The number of pyridine rings is 1. The first kappa shape index (κ1) is 10.1. The van der Waals surface area contributed by atoms with Gasteiger partial charge in [0.15, 0.2) is 0 Å². The minimum atomic E-state index is -2.31. The lowest BCUT2D eigenvalue weighted by Crippen LogP contribution is -2.17. The molecule has 3 nitrogen and oxygen atoms in total. The van der Waals surface area contributed by atoms with Gasteiger partial charge in [-0.1, -0.05) is 0 Å². The zero-order chi connectivity index (χ0) is 11.2. The third-order valence-electron chi connectivity index (χ3n) is 2.89. The lowest BCUT2D eigenvalue weighted by atomic mass is 9.99. The van der Waals surface area contributed by atoms with Crippen LogP contribution in [-0.2, 0) is 12.3 Å². The van der Waals surface area contributed by atoms with Gasteiger partial charge in [-0.25, -0.2) is 4.39 Å². The van der Waals surface area contributed by atoms with E-state index in [0.29, 0.717) is 28.9 Å². The molecule has 1 aromatic rings. The third-order valence-corrected chi connectivity index (χ3v) is 2.89. The Labute approximate surface area is 87.2 Å². The number of aromatic nitrogens is 1. The molecule has 15 heavy (non-hydrogen) atoms. The van der Waals surface area contributed by atoms with E-state index in [1.165, 1.54) is 0 Å². The lowest BCUT2D eigenvalue weighted by molar-refractivity contribution is -0.0931. The molecule has 1 unspecified atom stereocenters. The molecule has 0 saturated heterocycles. The number of halogens is 1. The van der Waals surface area contributed by atoms with Gasteiger partial charge in [-0.2, -0.15) is 5.26 Å². The lowest BCUT2D eigenvalue weighted by Gasteiger charge is -2.16. The second-order valence-electron chi connectivity index (χ2n) is 3.89. The van der Waals surface area contributed by atoms with Gasteiger partial charge in [0.1, 0.15) is 6.07 Å². The average molecular weight is 206 g/mol. The number of fused-ring (bicyclic) bond motifs is 1. The van der Waals surface area contributed by atoms with E-state index in [4.69, 9.17) is 5.26 Å². The monoisotopic (exact) mass is 206 g/mol. The average Bonchev–Trinajstić information content (AvgIpc) is 2.42. The van der Waals surface area contributed by atoms with E-state index in [-0.39, 0.29) is 12.0 Å². The first-order valence-electron chi connectivity index (χ1n) is 4.79. The predicted molar refractivity (Wildman–Crippen MR) is 51.8 cm³/mol. The molecule has 1 aliphatic carbocycles. The highest BCUT2D eigenvalue weighted by Crippen LogP contribution is 2.40. The Morgan fingerprint density at radius 3 is 2.80 bits per heavy atom. The highest BCUT2D eigenvalue weighted by atomic mass is 19.2. The van der Waals surface area contributed by atoms with Crippen molar-refractivity contribution in [2.75, 3.05) is 0 Å². The summed E-state index contributed by atoms with van der Waals surface area (Å²) >= 11 is 0. The number of nitrogens with zero attached hydrogens (tertiary/aromatic N) is 2. The summed E-state index contributed by atoms with van der Waals surface area (Å²) in [5.41, 5.74) is 2.26. The Balaban J connectivity index is 2.77. The van der Waals surface area contributed by atoms with E-state index in [0.717, 1.165) is 0 Å². The van der Waals surface area contributed by atoms with Gasteiger partial charge in [0.05, 0.1) is 17.0 Å². The molecule has 78 valence electrons. The molecule has 0 aromatic carbocycles. The molecular formula is C11H11FN2O. The van der Waals surface area contributed by atoms with Crippen LogP contribution < -0.4 is 0 Å². The maximum absolute atomic E-state index is 13.7. The number of hydrogen-bond acceptors (Lipinski definition) is 3. The van der Waals surface area contributed by atoms with E-state index in [1.54, 1.807) is 13.8 Å². The van der Waals surface area contributed by atoms with Crippen molar-refractivity contribution < 1.29 is 9.50 Å². The van der Waals surface area contributed by atoms with Crippen LogP contribution in [0, 0.1) is 25.2 Å². The van der Waals surface area contributed by atoms with Crippen LogP contribution in [0.3, 0.4) is 0 Å². The maximum atomic E-state index is 13.7. The molecule has 1 heterocycles. The van der Waals surface area contributed by atoms with Crippen LogP contribution in [0.25, 0.3) is 0 Å². The number of aliphatic hydroxyl groups is 1. The molecule has 0 aliphatic heterocycles. The Kier molecular flexibility index (Phi) is 2.02. The van der Waals surface area contributed by atoms with Crippen molar-refractivity contribution in [3.63, 3.8) is 0 Å². The quantitative estimate of drug-likeness (QED) is 0.701. The SMILES string of the molecule is Cc1nc2c(c(C)c1C#N)C(O)(F)CC2. The van der Waals surface area contributed by atoms with Gasteiger partial charge < -0.3 is 5.11 Å². The highest BCUT2D eigenvalue weighted by molar-refractivity contribution is 5.49. The molecule has 0 saturated carbocycles. The van der Waals surface area contributed by atoms with Crippen LogP contribution in [0.15, 0.2) is 0 Å². The zero-order valence-electron chi connectivity index (χ0n) is 8.63. The van der Waals surface area contributed by atoms with Crippen LogP contribution in [-0.4, -0.2) is 10.1 Å². The molecule has 0 spiro atoms. The first-order chi connectivity index (χ1) is 6.97. The molecule has 4 heteroatoms. The number of rotatable bonds is 0. The van der Waals surface area contributed by atoms with Crippen molar-refractivity contribution >= 4 is 0 Å². The van der Waals surface area contributed by atoms with E-state index < -0.39 is 5.85 Å². The highest BCUT2D eigenvalue weighted by Gasteiger charge is 2.40. The normalized spacial score (nSPS) is 23.7. The van der Waals surface area contributed by atoms with Gasteiger partial charge in [-0.05, 0) is 25.8 Å². The fourth-order valence-corrected chi connectivity index (χ4v) is 2.19. The second kappa shape index (κ2) is 3.01. The number of hydrogen-bond donors (Lipinski definition) is 1. The molecule has 1 atom stereocenters. The Morgan fingerprint density at radius 1 is 1.53 bits per heavy atom. The van der Waals surface area contributed by atoms with Crippen molar-refractivity contribution in [3.8, 4) is 6.07 Å². The molecule has 2 rings (SSSR count). The fourth-order valence-electron chi connectivity index (χ4n) is 2.19. The van der Waals surface area contributed by atoms with Gasteiger partial charge in [0.2, 0.25) is 5.85 Å². The Hall–Kier alpha value is -1.47. The van der Waals surface area contributed by atoms with Crippen LogP contribution in [0.1, 0.15) is 34.5 Å². The summed E-state index contributed by atoms with van der Waals surface area (Å²) in [5, 5.41) is 18.4. The van der Waals surface area contributed by atoms with Crippen molar-refractivity contribution in [3.05, 3.63) is 28.1 Å². The van der Waals surface area contributed by atoms with Crippen LogP contribution in [0.2, 0.25) is 0 Å². The Bertz CT molecular complexity index is 474. The molecule has 0 bridgehead atoms. The van der Waals surface area contributed by atoms with Gasteiger partial charge in [0.25, 0.3) is 0 Å². The molecule has 0 amide bonds. The van der Waals surface area contributed by atoms with Gasteiger partial charge in [-0.3, -0.25) is 4.98 Å². The molecule has 0 fully saturated rings. The van der Waals surface area contributed by atoms with E-state index in [2.05, 4.69) is 4.98 Å². The largest absolute Gasteiger partial charge is 0.358 e. The predicted octanol–water partition coefficient (Wildman–Crippen LogP) is 1.63. The van der Waals surface area contributed by atoms with Crippen LogP contribution in [0.4, 0.5) is 4.39 Å². The van der Waals surface area contributed by atoms with Crippen molar-refractivity contribution in [1.82, 2.24) is 4.98 Å². The van der Waals surface area contributed by atoms with Crippen LogP contribution in [0.5, 0.6) is 0 Å². The Morgan fingerprint density at radius 2 is 2.20 bits per heavy atom. The standard InChI is InChI=1S/C11H11FN2O/c1-6-8(5-13)7(2)14-9-3-4-11(12,15)10(6)9/h15H,3-4H2,1-2H3. The summed E-state index contributed by atoms with van der Waals surface area (Å²) in [6.07, 6.45) is 0.459. The van der Waals surface area contributed by atoms with E-state index in [1.807, 2.05) is 6.07 Å². The summed E-state index contributed by atoms with van der Waals surface area (Å²) in [5.74, 6) is -2.31. The van der Waals surface area contributed by atoms with Crippen molar-refractivity contribution in [2.45, 2.75) is 32.5 Å². The van der Waals surface area contributed by atoms with Crippen molar-refractivity contribution in [2.24, 2.45) is 0 Å². The first-order valence-corrected chi connectivity index (χ1v) is 4.79. The summed E-state index contributed by atoms with van der Waals surface area (Å²) in [6.45, 7) is 3.38. The molecule has 1 aromatic heterocycles. The summed E-state index contributed by atoms with van der Waals surface area (Å²) in [4.78, 5) is 4.16. The molecule has 0 radical (unpaired) electrons. The second-order valence-corrected chi connectivity index (χ2v) is 3.89. The van der Waals surface area contributed by atoms with Gasteiger partial charge in [-0.15, -0.1) is 0 Å². The van der Waals surface area contributed by atoms with E-state index >= 15 is 0 Å². The molecule has 1 N–H and O–H groups in total. The smallest absolute Gasteiger partial charge is 0.235 e. The minimum absolute atomic E-state index is 0.0322. The van der Waals surface area contributed by atoms with Gasteiger partial charge in [0, 0.05) is 12.0 Å². The fraction of sp³-hybridized carbons (Fsp3) is 0.455.